The van der Waals surface area contributed by atoms with Gasteiger partial charge >= 0.3 is 12.1 Å². The Morgan fingerprint density at radius 1 is 1.11 bits per heavy atom. The van der Waals surface area contributed by atoms with Gasteiger partial charge in [0.2, 0.25) is 0 Å². The number of rotatable bonds is 3. The Morgan fingerprint density at radius 3 is 2.29 bits per heavy atom. The molecule has 28 heavy (non-hydrogen) atoms. The van der Waals surface area contributed by atoms with Crippen molar-refractivity contribution in [1.29, 1.82) is 0 Å². The van der Waals surface area contributed by atoms with E-state index >= 15 is 0 Å². The van der Waals surface area contributed by atoms with Gasteiger partial charge in [-0.05, 0) is 41.5 Å². The van der Waals surface area contributed by atoms with E-state index in [1.165, 1.54) is 43.5 Å². The number of halogens is 6. The highest BCUT2D eigenvalue weighted by molar-refractivity contribution is 6.35. The number of ether oxygens (including phenoxy) is 1. The Bertz CT molecular complexity index is 955. The first-order valence-corrected chi connectivity index (χ1v) is 9.15. The van der Waals surface area contributed by atoms with Crippen molar-refractivity contribution in [3.8, 4) is 0 Å². The van der Waals surface area contributed by atoms with Gasteiger partial charge in [-0.2, -0.15) is 13.2 Å². The molecule has 1 heterocycles. The minimum absolute atomic E-state index is 0.0477. The molecule has 1 aliphatic rings. The molecule has 148 valence electrons. The van der Waals surface area contributed by atoms with Crippen LogP contribution in [0.25, 0.3) is 0 Å². The number of nitrogens with zero attached hydrogens (tertiary/aromatic N) is 1. The van der Waals surface area contributed by atoms with Crippen molar-refractivity contribution >= 4 is 46.5 Å². The first-order valence-electron chi connectivity index (χ1n) is 8.02. The SMILES string of the molecule is COC(=O)c1ccc(C2=NCC(c3cc(Cl)cc(Cl)c3)(C(F)(F)F)C2)cc1Cl. The minimum Gasteiger partial charge on any atom is -0.465 e. The lowest BCUT2D eigenvalue weighted by Crippen LogP contribution is -2.43. The summed E-state index contributed by atoms with van der Waals surface area (Å²) in [4.78, 5) is 15.8. The molecule has 2 aromatic carbocycles. The van der Waals surface area contributed by atoms with Crippen molar-refractivity contribution in [2.24, 2.45) is 4.99 Å². The molecule has 0 radical (unpaired) electrons. The first-order chi connectivity index (χ1) is 13.1. The van der Waals surface area contributed by atoms with E-state index in [1.54, 1.807) is 0 Å². The average molecular weight is 451 g/mol. The fraction of sp³-hybridized carbons (Fsp3) is 0.263. The Labute approximate surface area is 174 Å². The molecule has 0 bridgehead atoms. The van der Waals surface area contributed by atoms with Crippen LogP contribution >= 0.6 is 34.8 Å². The number of benzene rings is 2. The number of alkyl halides is 3. The van der Waals surface area contributed by atoms with Gasteiger partial charge in [-0.15, -0.1) is 0 Å². The molecule has 1 unspecified atom stereocenters. The van der Waals surface area contributed by atoms with Crippen molar-refractivity contribution in [3.63, 3.8) is 0 Å². The third-order valence-electron chi connectivity index (χ3n) is 4.67. The quantitative estimate of drug-likeness (QED) is 0.528. The van der Waals surface area contributed by atoms with Crippen LogP contribution in [-0.2, 0) is 10.2 Å². The molecule has 0 aromatic heterocycles. The number of aliphatic imine (C=N–C) groups is 1. The monoisotopic (exact) mass is 449 g/mol. The van der Waals surface area contributed by atoms with Crippen LogP contribution in [0.2, 0.25) is 15.1 Å². The van der Waals surface area contributed by atoms with Gasteiger partial charge in [0.05, 0.1) is 24.2 Å². The van der Waals surface area contributed by atoms with Gasteiger partial charge in [0.15, 0.2) is 0 Å². The van der Waals surface area contributed by atoms with E-state index in [4.69, 9.17) is 34.8 Å². The topological polar surface area (TPSA) is 38.7 Å². The number of hydrogen-bond donors (Lipinski definition) is 0. The van der Waals surface area contributed by atoms with Crippen molar-refractivity contribution < 1.29 is 22.7 Å². The summed E-state index contributed by atoms with van der Waals surface area (Å²) in [5, 5.41) is 0.303. The molecule has 0 fully saturated rings. The van der Waals surface area contributed by atoms with Gasteiger partial charge < -0.3 is 4.74 Å². The predicted octanol–water partition coefficient (Wildman–Crippen LogP) is 6.13. The van der Waals surface area contributed by atoms with Crippen molar-refractivity contribution in [2.45, 2.75) is 18.0 Å². The van der Waals surface area contributed by atoms with Crippen LogP contribution < -0.4 is 0 Å². The van der Waals surface area contributed by atoms with Gasteiger partial charge in [-0.1, -0.05) is 40.9 Å². The second kappa shape index (κ2) is 7.58. The molecule has 0 saturated heterocycles. The molecule has 0 aliphatic carbocycles. The molecule has 0 spiro atoms. The van der Waals surface area contributed by atoms with Gasteiger partial charge in [-0.25, -0.2) is 4.79 Å². The Hall–Kier alpha value is -1.76. The lowest BCUT2D eigenvalue weighted by Gasteiger charge is -2.31. The molecule has 2 aromatic rings. The lowest BCUT2D eigenvalue weighted by molar-refractivity contribution is -0.183. The standard InChI is InChI=1S/C19H13Cl3F3NO2/c1-28-17(27)14-3-2-10(4-15(14)22)16-8-18(9-26-16,19(23,24)25)11-5-12(20)7-13(21)6-11/h2-7H,8-9H2,1H3. The maximum Gasteiger partial charge on any atom is 0.400 e. The van der Waals surface area contributed by atoms with Crippen LogP contribution in [0.5, 0.6) is 0 Å². The third kappa shape index (κ3) is 3.73. The molecule has 3 nitrogen and oxygen atoms in total. The second-order valence-corrected chi connectivity index (χ2v) is 7.64. The van der Waals surface area contributed by atoms with Gasteiger partial charge in [0.1, 0.15) is 5.41 Å². The van der Waals surface area contributed by atoms with Crippen molar-refractivity contribution in [2.75, 3.05) is 13.7 Å². The summed E-state index contributed by atoms with van der Waals surface area (Å²) in [6.45, 7) is -0.501. The zero-order chi connectivity index (χ0) is 20.7. The molecule has 1 aliphatic heterocycles. The highest BCUT2D eigenvalue weighted by Crippen LogP contribution is 2.48. The number of carbonyl (C=O) groups excluding carboxylic acids is 1. The normalized spacial score (nSPS) is 19.5. The van der Waals surface area contributed by atoms with Gasteiger partial charge in [0, 0.05) is 22.2 Å². The molecule has 1 atom stereocenters. The van der Waals surface area contributed by atoms with E-state index in [9.17, 15) is 18.0 Å². The zero-order valence-corrected chi connectivity index (χ0v) is 16.7. The fourth-order valence-corrected chi connectivity index (χ4v) is 3.95. The molecule has 0 amide bonds. The maximum absolute atomic E-state index is 14.1. The lowest BCUT2D eigenvalue weighted by atomic mass is 9.76. The first kappa shape index (κ1) is 21.0. The Balaban J connectivity index is 2.00. The van der Waals surface area contributed by atoms with Crippen LogP contribution in [0.1, 0.15) is 27.9 Å². The van der Waals surface area contributed by atoms with Crippen LogP contribution in [-0.4, -0.2) is 31.5 Å². The van der Waals surface area contributed by atoms with Crippen LogP contribution in [0.3, 0.4) is 0 Å². The predicted molar refractivity (Wildman–Crippen MR) is 103 cm³/mol. The summed E-state index contributed by atoms with van der Waals surface area (Å²) in [7, 11) is 1.21. The summed E-state index contributed by atoms with van der Waals surface area (Å²) in [6.07, 6.45) is -4.98. The van der Waals surface area contributed by atoms with E-state index < -0.39 is 30.5 Å². The summed E-state index contributed by atoms with van der Waals surface area (Å²) < 4.78 is 46.9. The number of hydrogen-bond acceptors (Lipinski definition) is 3. The summed E-state index contributed by atoms with van der Waals surface area (Å²) in [6, 6.07) is 8.19. The van der Waals surface area contributed by atoms with E-state index in [0.29, 0.717) is 5.56 Å². The molecular weight excluding hydrogens is 438 g/mol. The van der Waals surface area contributed by atoms with E-state index in [1.807, 2.05) is 0 Å². The van der Waals surface area contributed by atoms with Crippen LogP contribution in [0.4, 0.5) is 13.2 Å². The molecule has 0 saturated carbocycles. The van der Waals surface area contributed by atoms with Crippen LogP contribution in [0, 0.1) is 0 Å². The Kier molecular flexibility index (Phi) is 5.67. The van der Waals surface area contributed by atoms with Gasteiger partial charge in [0.25, 0.3) is 0 Å². The highest BCUT2D eigenvalue weighted by Gasteiger charge is 2.58. The molecule has 9 heteroatoms. The number of methoxy groups -OCH3 is 1. The summed E-state index contributed by atoms with van der Waals surface area (Å²) in [5.74, 6) is -0.636. The second-order valence-electron chi connectivity index (χ2n) is 6.36. The number of carbonyl (C=O) groups is 1. The van der Waals surface area contributed by atoms with E-state index in [0.717, 1.165) is 0 Å². The molecule has 3 rings (SSSR count). The minimum atomic E-state index is -4.58. The third-order valence-corrected chi connectivity index (χ3v) is 5.42. The van der Waals surface area contributed by atoms with Crippen molar-refractivity contribution in [1.82, 2.24) is 0 Å². The smallest absolute Gasteiger partial charge is 0.400 e. The maximum atomic E-state index is 14.1. The van der Waals surface area contributed by atoms with E-state index in [-0.39, 0.29) is 31.9 Å². The summed E-state index contributed by atoms with van der Waals surface area (Å²) >= 11 is 17.9. The van der Waals surface area contributed by atoms with E-state index in [2.05, 4.69) is 9.73 Å². The molecule has 0 N–H and O–H groups in total. The zero-order valence-electron chi connectivity index (χ0n) is 14.4. The van der Waals surface area contributed by atoms with Gasteiger partial charge in [-0.3, -0.25) is 4.99 Å². The highest BCUT2D eigenvalue weighted by atomic mass is 35.5. The summed E-state index contributed by atoms with van der Waals surface area (Å²) in [5.41, 5.74) is -1.54. The number of esters is 1. The largest absolute Gasteiger partial charge is 0.465 e. The Morgan fingerprint density at radius 2 is 1.75 bits per heavy atom. The molecular formula is C19H13Cl3F3NO2. The average Bonchev–Trinajstić information content (AvgIpc) is 3.07. The van der Waals surface area contributed by atoms with Crippen molar-refractivity contribution in [3.05, 3.63) is 68.2 Å². The van der Waals surface area contributed by atoms with Crippen LogP contribution in [0.15, 0.2) is 41.4 Å². The fourth-order valence-electron chi connectivity index (χ4n) is 3.17.